The molecule has 0 aliphatic rings. The molecule has 0 radical (unpaired) electrons. The van der Waals surface area contributed by atoms with Gasteiger partial charge in [0, 0.05) is 11.0 Å². The first kappa shape index (κ1) is 18.6. The quantitative estimate of drug-likeness (QED) is 0.756. The number of hydrogen-bond acceptors (Lipinski definition) is 2. The second-order valence-corrected chi connectivity index (χ2v) is 6.40. The van der Waals surface area contributed by atoms with Crippen molar-refractivity contribution in [2.75, 3.05) is 19.6 Å². The van der Waals surface area contributed by atoms with Crippen LogP contribution >= 0.6 is 15.9 Å². The van der Waals surface area contributed by atoms with E-state index in [-0.39, 0.29) is 11.6 Å². The van der Waals surface area contributed by atoms with Crippen LogP contribution in [-0.2, 0) is 0 Å². The normalized spacial score (nSPS) is 12.2. The molecule has 0 saturated carbocycles. The molecule has 1 unspecified atom stereocenters. The Balaban J connectivity index is 2.14. The summed E-state index contributed by atoms with van der Waals surface area (Å²) >= 11 is 3.20. The molecule has 2 rings (SSSR count). The summed E-state index contributed by atoms with van der Waals surface area (Å²) < 4.78 is 14.6. The van der Waals surface area contributed by atoms with E-state index in [4.69, 9.17) is 0 Å². The zero-order chi connectivity index (χ0) is 17.5. The van der Waals surface area contributed by atoms with Gasteiger partial charge in [0.05, 0.1) is 11.6 Å². The van der Waals surface area contributed by atoms with Gasteiger partial charge in [0.2, 0.25) is 0 Å². The Morgan fingerprint density at radius 3 is 2.42 bits per heavy atom. The predicted octanol–water partition coefficient (Wildman–Crippen LogP) is 4.40. The minimum Gasteiger partial charge on any atom is -0.350 e. The molecule has 0 aliphatic carbocycles. The van der Waals surface area contributed by atoms with Crippen molar-refractivity contribution in [3.63, 3.8) is 0 Å². The third kappa shape index (κ3) is 4.65. The minimum atomic E-state index is -0.527. The molecule has 0 bridgehead atoms. The number of carbonyl (C=O) groups is 1. The lowest BCUT2D eigenvalue weighted by molar-refractivity contribution is 0.0931. The zero-order valence-electron chi connectivity index (χ0n) is 13.9. The Kier molecular flexibility index (Phi) is 6.94. The molecule has 2 aromatic rings. The van der Waals surface area contributed by atoms with Crippen molar-refractivity contribution in [3.05, 3.63) is 69.9 Å². The van der Waals surface area contributed by atoms with Crippen molar-refractivity contribution >= 4 is 21.8 Å². The number of benzene rings is 2. The fraction of sp³-hybridized carbons (Fsp3) is 0.316. The summed E-state index contributed by atoms with van der Waals surface area (Å²) in [5, 5.41) is 2.87. The van der Waals surface area contributed by atoms with Crippen LogP contribution < -0.4 is 5.32 Å². The van der Waals surface area contributed by atoms with Gasteiger partial charge in [0.15, 0.2) is 0 Å². The summed E-state index contributed by atoms with van der Waals surface area (Å²) in [5.41, 5.74) is 1.20. The maximum absolute atomic E-state index is 13.9. The highest BCUT2D eigenvalue weighted by molar-refractivity contribution is 9.10. The number of nitrogens with zero attached hydrogens (tertiary/aromatic N) is 1. The van der Waals surface area contributed by atoms with Crippen molar-refractivity contribution in [1.29, 1.82) is 0 Å². The van der Waals surface area contributed by atoms with Crippen LogP contribution in [0.2, 0.25) is 0 Å². The first-order chi connectivity index (χ1) is 11.6. The summed E-state index contributed by atoms with van der Waals surface area (Å²) in [6.45, 7) is 6.36. The number of rotatable bonds is 7. The highest BCUT2D eigenvalue weighted by Crippen LogP contribution is 2.20. The SMILES string of the molecule is CCN(CC)C(CNC(=O)c1ccc(Br)cc1F)c1ccccc1. The van der Waals surface area contributed by atoms with Crippen molar-refractivity contribution in [1.82, 2.24) is 10.2 Å². The largest absolute Gasteiger partial charge is 0.350 e. The van der Waals surface area contributed by atoms with Crippen LogP contribution in [0.5, 0.6) is 0 Å². The van der Waals surface area contributed by atoms with E-state index >= 15 is 0 Å². The lowest BCUT2D eigenvalue weighted by Crippen LogP contribution is -2.38. The van der Waals surface area contributed by atoms with Crippen LogP contribution in [0.4, 0.5) is 4.39 Å². The van der Waals surface area contributed by atoms with E-state index < -0.39 is 11.7 Å². The minimum absolute atomic E-state index is 0.0589. The monoisotopic (exact) mass is 392 g/mol. The maximum Gasteiger partial charge on any atom is 0.254 e. The van der Waals surface area contributed by atoms with Gasteiger partial charge in [-0.2, -0.15) is 0 Å². The summed E-state index contributed by atoms with van der Waals surface area (Å²) in [4.78, 5) is 14.6. The third-order valence-electron chi connectivity index (χ3n) is 4.07. The molecule has 24 heavy (non-hydrogen) atoms. The van der Waals surface area contributed by atoms with Crippen LogP contribution in [0.1, 0.15) is 35.8 Å². The summed E-state index contributed by atoms with van der Waals surface area (Å²) in [5.74, 6) is -0.922. The third-order valence-corrected chi connectivity index (χ3v) is 4.56. The summed E-state index contributed by atoms with van der Waals surface area (Å²) in [6, 6.07) is 14.6. The first-order valence-corrected chi connectivity index (χ1v) is 8.88. The Bertz CT molecular complexity index is 674. The Morgan fingerprint density at radius 1 is 1.17 bits per heavy atom. The van der Waals surface area contributed by atoms with Crippen molar-refractivity contribution in [2.45, 2.75) is 19.9 Å². The molecule has 3 nitrogen and oxygen atoms in total. The number of likely N-dealkylation sites (N-methyl/N-ethyl adjacent to an activating group) is 1. The van der Waals surface area contributed by atoms with E-state index in [2.05, 4.69) is 52.1 Å². The van der Waals surface area contributed by atoms with E-state index in [9.17, 15) is 9.18 Å². The van der Waals surface area contributed by atoms with Gasteiger partial charge in [-0.05, 0) is 36.9 Å². The summed E-state index contributed by atoms with van der Waals surface area (Å²) in [7, 11) is 0. The summed E-state index contributed by atoms with van der Waals surface area (Å²) in [6.07, 6.45) is 0. The van der Waals surface area contributed by atoms with Gasteiger partial charge < -0.3 is 5.32 Å². The molecule has 2 aromatic carbocycles. The van der Waals surface area contributed by atoms with Crippen molar-refractivity contribution in [3.8, 4) is 0 Å². The number of hydrogen-bond donors (Lipinski definition) is 1. The smallest absolute Gasteiger partial charge is 0.254 e. The van der Waals surface area contributed by atoms with Crippen molar-refractivity contribution in [2.24, 2.45) is 0 Å². The molecular formula is C19H22BrFN2O. The molecule has 1 N–H and O–H groups in total. The average Bonchev–Trinajstić information content (AvgIpc) is 2.59. The highest BCUT2D eigenvalue weighted by atomic mass is 79.9. The molecule has 0 spiro atoms. The second kappa shape index (κ2) is 8.94. The van der Waals surface area contributed by atoms with E-state index in [1.54, 1.807) is 6.07 Å². The van der Waals surface area contributed by atoms with Crippen LogP contribution in [0, 0.1) is 5.82 Å². The fourth-order valence-corrected chi connectivity index (χ4v) is 3.09. The maximum atomic E-state index is 13.9. The van der Waals surface area contributed by atoms with Gasteiger partial charge in [0.1, 0.15) is 5.82 Å². The Hall–Kier alpha value is -1.72. The zero-order valence-corrected chi connectivity index (χ0v) is 15.5. The molecule has 0 aromatic heterocycles. The van der Waals surface area contributed by atoms with E-state index in [0.717, 1.165) is 18.7 Å². The lowest BCUT2D eigenvalue weighted by atomic mass is 10.0. The lowest BCUT2D eigenvalue weighted by Gasteiger charge is -2.30. The van der Waals surface area contributed by atoms with Crippen LogP contribution in [-0.4, -0.2) is 30.4 Å². The number of amides is 1. The Labute approximate surface area is 151 Å². The molecule has 128 valence electrons. The second-order valence-electron chi connectivity index (χ2n) is 5.48. The molecular weight excluding hydrogens is 371 g/mol. The van der Waals surface area contributed by atoms with Gasteiger partial charge in [-0.25, -0.2) is 4.39 Å². The number of nitrogens with one attached hydrogen (secondary N) is 1. The van der Waals surface area contributed by atoms with E-state index in [0.29, 0.717) is 11.0 Å². The van der Waals surface area contributed by atoms with Gasteiger partial charge >= 0.3 is 0 Å². The molecule has 0 aliphatic heterocycles. The van der Waals surface area contributed by atoms with E-state index in [1.807, 2.05) is 18.2 Å². The number of halogens is 2. The standard InChI is InChI=1S/C19H22BrFN2O/c1-3-23(4-2)18(14-8-6-5-7-9-14)13-22-19(24)16-11-10-15(20)12-17(16)21/h5-12,18H,3-4,13H2,1-2H3,(H,22,24). The average molecular weight is 393 g/mol. The molecule has 1 atom stereocenters. The van der Waals surface area contributed by atoms with E-state index in [1.165, 1.54) is 12.1 Å². The fourth-order valence-electron chi connectivity index (χ4n) is 2.76. The van der Waals surface area contributed by atoms with Gasteiger partial charge in [-0.3, -0.25) is 9.69 Å². The molecule has 5 heteroatoms. The first-order valence-electron chi connectivity index (χ1n) is 8.09. The predicted molar refractivity (Wildman–Crippen MR) is 98.5 cm³/mol. The van der Waals surface area contributed by atoms with Crippen LogP contribution in [0.15, 0.2) is 53.0 Å². The van der Waals surface area contributed by atoms with Gasteiger partial charge in [0.25, 0.3) is 5.91 Å². The highest BCUT2D eigenvalue weighted by Gasteiger charge is 2.20. The molecule has 0 fully saturated rings. The number of carbonyl (C=O) groups excluding carboxylic acids is 1. The molecule has 0 saturated heterocycles. The van der Waals surface area contributed by atoms with Crippen LogP contribution in [0.3, 0.4) is 0 Å². The topological polar surface area (TPSA) is 32.3 Å². The molecule has 1 amide bonds. The Morgan fingerprint density at radius 2 is 1.83 bits per heavy atom. The van der Waals surface area contributed by atoms with Crippen LogP contribution in [0.25, 0.3) is 0 Å². The van der Waals surface area contributed by atoms with Crippen molar-refractivity contribution < 1.29 is 9.18 Å². The van der Waals surface area contributed by atoms with Gasteiger partial charge in [-0.1, -0.05) is 60.1 Å². The molecule has 0 heterocycles. The van der Waals surface area contributed by atoms with Gasteiger partial charge in [-0.15, -0.1) is 0 Å².